The molecule has 3 aromatic rings. The van der Waals surface area contributed by atoms with E-state index >= 15 is 0 Å². The van der Waals surface area contributed by atoms with E-state index in [1.165, 1.54) is 5.56 Å². The summed E-state index contributed by atoms with van der Waals surface area (Å²) in [7, 11) is 0. The van der Waals surface area contributed by atoms with Crippen LogP contribution in [0.5, 0.6) is 0 Å². The lowest BCUT2D eigenvalue weighted by molar-refractivity contribution is 0.102. The molecule has 1 N–H and O–H groups in total. The Morgan fingerprint density at radius 1 is 1.11 bits per heavy atom. The van der Waals surface area contributed by atoms with Crippen LogP contribution in [0, 0.1) is 6.92 Å². The van der Waals surface area contributed by atoms with Crippen molar-refractivity contribution < 1.29 is 4.79 Å². The van der Waals surface area contributed by atoms with Crippen LogP contribution in [0.15, 0.2) is 54.6 Å². The Balaban J connectivity index is 1.66. The highest BCUT2D eigenvalue weighted by atomic mass is 16.1. The molecule has 0 radical (unpaired) electrons. The van der Waals surface area contributed by atoms with Gasteiger partial charge in [-0.15, -0.1) is 0 Å². The van der Waals surface area contributed by atoms with Crippen molar-refractivity contribution in [3.63, 3.8) is 0 Å². The largest absolute Gasteiger partial charge is 0.320 e. The van der Waals surface area contributed by atoms with Crippen LogP contribution in [-0.4, -0.2) is 22.4 Å². The zero-order chi connectivity index (χ0) is 19.5. The Kier molecular flexibility index (Phi) is 5.06. The van der Waals surface area contributed by atoms with Crippen LogP contribution in [0.25, 0.3) is 0 Å². The van der Waals surface area contributed by atoms with E-state index < -0.39 is 0 Å². The third-order valence-corrected chi connectivity index (χ3v) is 5.07. The average molecular weight is 372 g/mol. The maximum atomic E-state index is 12.9. The van der Waals surface area contributed by atoms with Gasteiger partial charge in [0, 0.05) is 23.6 Å². The summed E-state index contributed by atoms with van der Waals surface area (Å²) in [5.74, 6) is 0.374. The highest BCUT2D eigenvalue weighted by Gasteiger charge is 2.22. The number of fused-ring (bicyclic) bond motifs is 1. The SMILES string of the molecule is CCc1ccccc1NC(=O)c1cc(C)nc(N2CCCc3ccccc32)n1. The van der Waals surface area contributed by atoms with E-state index in [0.29, 0.717) is 11.6 Å². The number of carbonyl (C=O) groups excluding carboxylic acids is 1. The Labute approximate surface area is 165 Å². The van der Waals surface area contributed by atoms with Crippen molar-refractivity contribution in [1.29, 1.82) is 0 Å². The van der Waals surface area contributed by atoms with Crippen molar-refractivity contribution in [2.45, 2.75) is 33.1 Å². The van der Waals surface area contributed by atoms with Crippen molar-refractivity contribution in [3.8, 4) is 0 Å². The predicted molar refractivity (Wildman–Crippen MR) is 112 cm³/mol. The zero-order valence-corrected chi connectivity index (χ0v) is 16.3. The normalized spacial score (nSPS) is 13.1. The fourth-order valence-corrected chi connectivity index (χ4v) is 3.67. The number of anilines is 3. The van der Waals surface area contributed by atoms with Crippen LogP contribution in [0.3, 0.4) is 0 Å². The number of aromatic nitrogens is 2. The van der Waals surface area contributed by atoms with Gasteiger partial charge < -0.3 is 10.2 Å². The van der Waals surface area contributed by atoms with E-state index in [2.05, 4.69) is 45.3 Å². The van der Waals surface area contributed by atoms with E-state index in [9.17, 15) is 4.79 Å². The average Bonchev–Trinajstić information content (AvgIpc) is 2.73. The predicted octanol–water partition coefficient (Wildman–Crippen LogP) is 4.68. The van der Waals surface area contributed by atoms with Gasteiger partial charge in [-0.1, -0.05) is 43.3 Å². The van der Waals surface area contributed by atoms with Gasteiger partial charge in [-0.3, -0.25) is 4.79 Å². The molecule has 0 unspecified atom stereocenters. The van der Waals surface area contributed by atoms with Crippen molar-refractivity contribution in [3.05, 3.63) is 77.1 Å². The fourth-order valence-electron chi connectivity index (χ4n) is 3.67. The number of carbonyl (C=O) groups is 1. The van der Waals surface area contributed by atoms with Crippen LogP contribution in [0.2, 0.25) is 0 Å². The summed E-state index contributed by atoms with van der Waals surface area (Å²) in [6.45, 7) is 4.82. The highest BCUT2D eigenvalue weighted by Crippen LogP contribution is 2.31. The Morgan fingerprint density at radius 3 is 2.75 bits per heavy atom. The van der Waals surface area contributed by atoms with Gasteiger partial charge in [0.15, 0.2) is 0 Å². The molecule has 0 saturated carbocycles. The van der Waals surface area contributed by atoms with Crippen LogP contribution in [0.1, 0.15) is 40.7 Å². The van der Waals surface area contributed by atoms with Crippen molar-refractivity contribution >= 4 is 23.2 Å². The molecule has 1 aliphatic heterocycles. The lowest BCUT2D eigenvalue weighted by atomic mass is 10.0. The maximum absolute atomic E-state index is 12.9. The molecule has 4 rings (SSSR count). The van der Waals surface area contributed by atoms with Crippen LogP contribution in [0.4, 0.5) is 17.3 Å². The summed E-state index contributed by atoms with van der Waals surface area (Å²) in [6, 6.07) is 17.9. The van der Waals surface area contributed by atoms with Gasteiger partial charge in [0.1, 0.15) is 5.69 Å². The Hall–Kier alpha value is -3.21. The van der Waals surface area contributed by atoms with E-state index in [-0.39, 0.29) is 5.91 Å². The summed E-state index contributed by atoms with van der Waals surface area (Å²) in [5.41, 5.74) is 5.52. The number of para-hydroxylation sites is 2. The first-order valence-corrected chi connectivity index (χ1v) is 9.76. The number of nitrogens with one attached hydrogen (secondary N) is 1. The zero-order valence-electron chi connectivity index (χ0n) is 16.3. The number of benzene rings is 2. The monoisotopic (exact) mass is 372 g/mol. The summed E-state index contributed by atoms with van der Waals surface area (Å²) < 4.78 is 0. The Bertz CT molecular complexity index is 1010. The summed E-state index contributed by atoms with van der Waals surface area (Å²) in [5, 5.41) is 3.01. The molecule has 0 aliphatic carbocycles. The minimum Gasteiger partial charge on any atom is -0.320 e. The molecule has 1 aromatic heterocycles. The number of rotatable bonds is 4. The van der Waals surface area contributed by atoms with Crippen LogP contribution < -0.4 is 10.2 Å². The molecule has 5 heteroatoms. The molecule has 0 atom stereocenters. The van der Waals surface area contributed by atoms with Gasteiger partial charge in [-0.2, -0.15) is 0 Å². The van der Waals surface area contributed by atoms with E-state index in [0.717, 1.165) is 48.4 Å². The van der Waals surface area contributed by atoms with Gasteiger partial charge in [0.05, 0.1) is 0 Å². The third-order valence-electron chi connectivity index (χ3n) is 5.07. The van der Waals surface area contributed by atoms with E-state index in [1.54, 1.807) is 6.07 Å². The van der Waals surface area contributed by atoms with Gasteiger partial charge in [-0.25, -0.2) is 9.97 Å². The molecule has 0 spiro atoms. The molecule has 142 valence electrons. The molecule has 2 aromatic carbocycles. The van der Waals surface area contributed by atoms with Crippen molar-refractivity contribution in [2.24, 2.45) is 0 Å². The number of hydrogen-bond donors (Lipinski definition) is 1. The van der Waals surface area contributed by atoms with Gasteiger partial charge in [-0.05, 0) is 55.5 Å². The summed E-state index contributed by atoms with van der Waals surface area (Å²) in [6.07, 6.45) is 2.95. The molecule has 1 aliphatic rings. The number of nitrogens with zero attached hydrogens (tertiary/aromatic N) is 3. The lowest BCUT2D eigenvalue weighted by Gasteiger charge is -2.29. The number of hydrogen-bond acceptors (Lipinski definition) is 4. The quantitative estimate of drug-likeness (QED) is 0.722. The summed E-state index contributed by atoms with van der Waals surface area (Å²) >= 11 is 0. The second-order valence-electron chi connectivity index (χ2n) is 7.04. The molecule has 1 amide bonds. The van der Waals surface area contributed by atoms with Crippen LogP contribution in [-0.2, 0) is 12.8 Å². The standard InChI is InChI=1S/C23H24N4O/c1-3-17-9-4-6-12-19(17)25-22(28)20-15-16(2)24-23(26-20)27-14-8-11-18-10-5-7-13-21(18)27/h4-7,9-10,12-13,15H,3,8,11,14H2,1-2H3,(H,25,28). The van der Waals surface area contributed by atoms with Crippen LogP contribution >= 0.6 is 0 Å². The minimum absolute atomic E-state index is 0.210. The molecule has 2 heterocycles. The highest BCUT2D eigenvalue weighted by molar-refractivity contribution is 6.03. The summed E-state index contributed by atoms with van der Waals surface area (Å²) in [4.78, 5) is 24.2. The minimum atomic E-state index is -0.210. The van der Waals surface area contributed by atoms with Gasteiger partial charge in [0.25, 0.3) is 5.91 Å². The van der Waals surface area contributed by atoms with E-state index in [4.69, 9.17) is 0 Å². The second-order valence-corrected chi connectivity index (χ2v) is 7.04. The second kappa shape index (κ2) is 7.80. The molecular weight excluding hydrogens is 348 g/mol. The van der Waals surface area contributed by atoms with Crippen molar-refractivity contribution in [2.75, 3.05) is 16.8 Å². The van der Waals surface area contributed by atoms with E-state index in [1.807, 2.05) is 37.3 Å². The molecule has 5 nitrogen and oxygen atoms in total. The third kappa shape index (κ3) is 3.60. The molecule has 0 bridgehead atoms. The smallest absolute Gasteiger partial charge is 0.274 e. The van der Waals surface area contributed by atoms with Gasteiger partial charge >= 0.3 is 0 Å². The van der Waals surface area contributed by atoms with Crippen molar-refractivity contribution in [1.82, 2.24) is 9.97 Å². The fraction of sp³-hybridized carbons (Fsp3) is 0.261. The molecule has 0 fully saturated rings. The first-order chi connectivity index (χ1) is 13.7. The molecule has 0 saturated heterocycles. The molecular formula is C23H24N4O. The lowest BCUT2D eigenvalue weighted by Crippen LogP contribution is -2.27. The first-order valence-electron chi connectivity index (χ1n) is 9.76. The maximum Gasteiger partial charge on any atom is 0.274 e. The Morgan fingerprint density at radius 2 is 1.89 bits per heavy atom. The number of aryl methyl sites for hydroxylation is 3. The van der Waals surface area contributed by atoms with Gasteiger partial charge in [0.2, 0.25) is 5.95 Å². The first kappa shape index (κ1) is 18.2. The topological polar surface area (TPSA) is 58.1 Å². The number of amides is 1. The molecule has 28 heavy (non-hydrogen) atoms.